The van der Waals surface area contributed by atoms with Crippen LogP contribution in [-0.2, 0) is 9.59 Å². The highest BCUT2D eigenvalue weighted by molar-refractivity contribution is 5.84. The zero-order valence-corrected chi connectivity index (χ0v) is 12.6. The SMILES string of the molecule is CC(C)NC(=O)CNC(=O)N1CCCN(CC(=O)O)CC1. The van der Waals surface area contributed by atoms with Gasteiger partial charge in [-0.15, -0.1) is 0 Å². The molecule has 0 radical (unpaired) electrons. The molecule has 1 saturated heterocycles. The Bertz CT molecular complexity index is 386. The van der Waals surface area contributed by atoms with Gasteiger partial charge in [0.25, 0.3) is 0 Å². The monoisotopic (exact) mass is 300 g/mol. The Morgan fingerprint density at radius 1 is 1.14 bits per heavy atom. The molecule has 1 rings (SSSR count). The quantitative estimate of drug-likeness (QED) is 0.624. The van der Waals surface area contributed by atoms with Crippen LogP contribution in [0, 0.1) is 0 Å². The van der Waals surface area contributed by atoms with E-state index < -0.39 is 5.97 Å². The Balaban J connectivity index is 2.34. The lowest BCUT2D eigenvalue weighted by atomic mass is 10.4. The van der Waals surface area contributed by atoms with Crippen molar-refractivity contribution >= 4 is 17.9 Å². The van der Waals surface area contributed by atoms with Gasteiger partial charge < -0.3 is 20.6 Å². The number of urea groups is 1. The van der Waals surface area contributed by atoms with Gasteiger partial charge in [0.2, 0.25) is 5.91 Å². The number of hydrogen-bond donors (Lipinski definition) is 3. The van der Waals surface area contributed by atoms with Gasteiger partial charge in [-0.1, -0.05) is 0 Å². The summed E-state index contributed by atoms with van der Waals surface area (Å²) in [5.74, 6) is -1.08. The number of rotatable bonds is 5. The van der Waals surface area contributed by atoms with Crippen LogP contribution in [0.15, 0.2) is 0 Å². The van der Waals surface area contributed by atoms with Crippen LogP contribution in [0.25, 0.3) is 0 Å². The average Bonchev–Trinajstić information content (AvgIpc) is 2.60. The minimum Gasteiger partial charge on any atom is -0.480 e. The number of carboxylic acids is 1. The van der Waals surface area contributed by atoms with E-state index in [0.717, 1.165) is 6.42 Å². The second-order valence-electron chi connectivity index (χ2n) is 5.39. The first-order chi connectivity index (χ1) is 9.88. The van der Waals surface area contributed by atoms with Crippen LogP contribution in [0.5, 0.6) is 0 Å². The van der Waals surface area contributed by atoms with E-state index in [-0.39, 0.29) is 31.1 Å². The number of amides is 3. The number of aliphatic carboxylic acids is 1. The maximum absolute atomic E-state index is 12.0. The summed E-state index contributed by atoms with van der Waals surface area (Å²) in [6, 6.07) is -0.247. The van der Waals surface area contributed by atoms with Gasteiger partial charge in [0.05, 0.1) is 13.1 Å². The molecule has 0 unspecified atom stereocenters. The largest absolute Gasteiger partial charge is 0.480 e. The number of carboxylic acid groups (broad SMARTS) is 1. The van der Waals surface area contributed by atoms with Crippen molar-refractivity contribution in [3.63, 3.8) is 0 Å². The molecule has 3 N–H and O–H groups in total. The second-order valence-corrected chi connectivity index (χ2v) is 5.39. The molecule has 0 aromatic carbocycles. The predicted molar refractivity (Wildman–Crippen MR) is 76.9 cm³/mol. The fourth-order valence-corrected chi connectivity index (χ4v) is 2.16. The van der Waals surface area contributed by atoms with Crippen LogP contribution in [0.3, 0.4) is 0 Å². The van der Waals surface area contributed by atoms with Crippen molar-refractivity contribution in [2.24, 2.45) is 0 Å². The molecule has 0 aliphatic carbocycles. The summed E-state index contributed by atoms with van der Waals surface area (Å²) in [6.07, 6.45) is 0.721. The van der Waals surface area contributed by atoms with Crippen molar-refractivity contribution in [1.29, 1.82) is 0 Å². The van der Waals surface area contributed by atoms with Crippen LogP contribution in [0.2, 0.25) is 0 Å². The van der Waals surface area contributed by atoms with E-state index in [4.69, 9.17) is 5.11 Å². The fraction of sp³-hybridized carbons (Fsp3) is 0.769. The van der Waals surface area contributed by atoms with Gasteiger partial charge >= 0.3 is 12.0 Å². The van der Waals surface area contributed by atoms with E-state index in [1.807, 2.05) is 13.8 Å². The van der Waals surface area contributed by atoms with Gasteiger partial charge in [-0.3, -0.25) is 14.5 Å². The highest BCUT2D eigenvalue weighted by Crippen LogP contribution is 2.03. The third-order valence-electron chi connectivity index (χ3n) is 3.08. The van der Waals surface area contributed by atoms with Gasteiger partial charge in [-0.05, 0) is 20.3 Å². The molecule has 8 nitrogen and oxygen atoms in total. The Hall–Kier alpha value is -1.83. The van der Waals surface area contributed by atoms with Crippen LogP contribution in [0.1, 0.15) is 20.3 Å². The molecule has 0 saturated carbocycles. The van der Waals surface area contributed by atoms with E-state index in [0.29, 0.717) is 26.2 Å². The first kappa shape index (κ1) is 17.2. The van der Waals surface area contributed by atoms with Gasteiger partial charge in [-0.2, -0.15) is 0 Å². The second kappa shape index (κ2) is 8.46. The van der Waals surface area contributed by atoms with Gasteiger partial charge in [0, 0.05) is 32.2 Å². The van der Waals surface area contributed by atoms with Gasteiger partial charge in [-0.25, -0.2) is 4.79 Å². The summed E-state index contributed by atoms with van der Waals surface area (Å²) in [5, 5.41) is 14.0. The standard InChI is InChI=1S/C13H24N4O4/c1-10(2)15-11(18)8-14-13(21)17-5-3-4-16(6-7-17)9-12(19)20/h10H,3-9H2,1-2H3,(H,14,21)(H,15,18)(H,19,20). The fourth-order valence-electron chi connectivity index (χ4n) is 2.16. The lowest BCUT2D eigenvalue weighted by molar-refractivity contribution is -0.138. The Morgan fingerprint density at radius 2 is 1.86 bits per heavy atom. The Labute approximate surface area is 124 Å². The van der Waals surface area contributed by atoms with Crippen molar-refractivity contribution in [3.8, 4) is 0 Å². The topological polar surface area (TPSA) is 102 Å². The summed E-state index contributed by atoms with van der Waals surface area (Å²) in [4.78, 5) is 37.5. The average molecular weight is 300 g/mol. The molecule has 3 amide bonds. The molecule has 1 aliphatic rings. The molecule has 1 fully saturated rings. The maximum atomic E-state index is 12.0. The van der Waals surface area contributed by atoms with Crippen molar-refractivity contribution in [2.75, 3.05) is 39.3 Å². The first-order valence-electron chi connectivity index (χ1n) is 7.14. The molecule has 120 valence electrons. The molecule has 21 heavy (non-hydrogen) atoms. The number of nitrogens with zero attached hydrogens (tertiary/aromatic N) is 2. The van der Waals surface area contributed by atoms with Crippen molar-refractivity contribution in [3.05, 3.63) is 0 Å². The molecule has 0 aromatic heterocycles. The minimum atomic E-state index is -0.863. The van der Waals surface area contributed by atoms with Crippen molar-refractivity contribution < 1.29 is 19.5 Å². The van der Waals surface area contributed by atoms with E-state index in [1.165, 1.54) is 0 Å². The number of nitrogens with one attached hydrogen (secondary N) is 2. The van der Waals surface area contributed by atoms with E-state index >= 15 is 0 Å². The predicted octanol–water partition coefficient (Wildman–Crippen LogP) is -0.687. The third kappa shape index (κ3) is 6.94. The van der Waals surface area contributed by atoms with E-state index in [1.54, 1.807) is 9.80 Å². The Morgan fingerprint density at radius 3 is 2.48 bits per heavy atom. The molecule has 1 aliphatic heterocycles. The van der Waals surface area contributed by atoms with Gasteiger partial charge in [0.15, 0.2) is 0 Å². The number of carbonyl (C=O) groups excluding carboxylic acids is 2. The number of carbonyl (C=O) groups is 3. The maximum Gasteiger partial charge on any atom is 0.317 e. The zero-order valence-electron chi connectivity index (χ0n) is 12.6. The molecule has 8 heteroatoms. The zero-order chi connectivity index (χ0) is 15.8. The lowest BCUT2D eigenvalue weighted by Crippen LogP contribution is -2.46. The highest BCUT2D eigenvalue weighted by Gasteiger charge is 2.20. The first-order valence-corrected chi connectivity index (χ1v) is 7.14. The molecule has 0 bridgehead atoms. The third-order valence-corrected chi connectivity index (χ3v) is 3.08. The van der Waals surface area contributed by atoms with Crippen LogP contribution < -0.4 is 10.6 Å². The van der Waals surface area contributed by atoms with Crippen LogP contribution >= 0.6 is 0 Å². The summed E-state index contributed by atoms with van der Waals surface area (Å²) < 4.78 is 0. The summed E-state index contributed by atoms with van der Waals surface area (Å²) in [6.45, 7) is 5.86. The molecule has 0 aromatic rings. The smallest absolute Gasteiger partial charge is 0.317 e. The normalized spacial score (nSPS) is 16.4. The van der Waals surface area contributed by atoms with Gasteiger partial charge in [0.1, 0.15) is 0 Å². The summed E-state index contributed by atoms with van der Waals surface area (Å²) in [5.41, 5.74) is 0. The molecule has 0 spiro atoms. The molecular formula is C13H24N4O4. The summed E-state index contributed by atoms with van der Waals surface area (Å²) in [7, 11) is 0. The lowest BCUT2D eigenvalue weighted by Gasteiger charge is -2.21. The highest BCUT2D eigenvalue weighted by atomic mass is 16.4. The van der Waals surface area contributed by atoms with E-state index in [2.05, 4.69) is 10.6 Å². The minimum absolute atomic E-state index is 0.00769. The summed E-state index contributed by atoms with van der Waals surface area (Å²) >= 11 is 0. The number of hydrogen-bond acceptors (Lipinski definition) is 4. The molecular weight excluding hydrogens is 276 g/mol. The van der Waals surface area contributed by atoms with Crippen LogP contribution in [0.4, 0.5) is 4.79 Å². The molecule has 0 atom stereocenters. The Kier molecular flexibility index (Phi) is 6.93. The van der Waals surface area contributed by atoms with Crippen molar-refractivity contribution in [1.82, 2.24) is 20.4 Å². The molecule has 1 heterocycles. The van der Waals surface area contributed by atoms with E-state index in [9.17, 15) is 14.4 Å². The van der Waals surface area contributed by atoms with Crippen LogP contribution in [-0.4, -0.2) is 78.1 Å². The van der Waals surface area contributed by atoms with Crippen molar-refractivity contribution in [2.45, 2.75) is 26.3 Å².